The van der Waals surface area contributed by atoms with E-state index in [2.05, 4.69) is 30.6 Å². The molecule has 0 unspecified atom stereocenters. The largest absolute Gasteiger partial charge is 0.494 e. The number of hydrogen-bond acceptors (Lipinski definition) is 14. The number of aryl methyl sites for hydroxylation is 5. The first-order valence-electron chi connectivity index (χ1n) is 28.2. The molecule has 1 aliphatic heterocycles. The Morgan fingerprint density at radius 1 is 0.671 bits per heavy atom. The van der Waals surface area contributed by atoms with Crippen molar-refractivity contribution >= 4 is 63.6 Å². The molecule has 1 aliphatic rings. The number of rotatable bonds is 27. The van der Waals surface area contributed by atoms with Gasteiger partial charge >= 0.3 is 5.97 Å². The second-order valence-corrected chi connectivity index (χ2v) is 19.7. The molecule has 0 bridgehead atoms. The maximum Gasteiger partial charge on any atom is 0.323 e. The van der Waals surface area contributed by atoms with E-state index in [0.717, 1.165) is 64.3 Å². The van der Waals surface area contributed by atoms with Gasteiger partial charge in [-0.05, 0) is 116 Å². The van der Waals surface area contributed by atoms with E-state index in [9.17, 15) is 24.0 Å². The minimum Gasteiger partial charge on any atom is -0.494 e. The molecule has 4 amide bonds. The normalized spacial score (nSPS) is 12.7. The summed E-state index contributed by atoms with van der Waals surface area (Å²) >= 11 is 0. The minimum absolute atomic E-state index is 0.0544. The van der Waals surface area contributed by atoms with E-state index in [1.54, 1.807) is 55.0 Å². The van der Waals surface area contributed by atoms with Gasteiger partial charge in [0.05, 0.1) is 36.1 Å². The van der Waals surface area contributed by atoms with Crippen LogP contribution in [0, 0.1) is 20.8 Å². The Bertz CT molecular complexity index is 3320. The van der Waals surface area contributed by atoms with E-state index in [1.165, 1.54) is 38.9 Å². The second-order valence-electron chi connectivity index (χ2n) is 19.7. The fraction of sp³-hybridized carbons (Fsp3) is 0.466. The quantitative estimate of drug-likeness (QED) is 0.0233. The summed E-state index contributed by atoms with van der Waals surface area (Å²) in [6.45, 7) is 21.8. The lowest BCUT2D eigenvalue weighted by Crippen LogP contribution is -2.46. The number of nitrogens with zero attached hydrogens (tertiary/aromatic N) is 11. The van der Waals surface area contributed by atoms with Gasteiger partial charge in [-0.25, -0.2) is 9.97 Å². The van der Waals surface area contributed by atoms with E-state index >= 15 is 0 Å². The number of carboxylic acids is 1. The number of carboxylic acid groups (broad SMARTS) is 1. The highest BCUT2D eigenvalue weighted by Crippen LogP contribution is 2.33. The zero-order valence-corrected chi connectivity index (χ0v) is 48.7. The number of allylic oxidation sites excluding steroid dienone is 2. The predicted octanol–water partition coefficient (Wildman–Crippen LogP) is 6.61. The lowest BCUT2D eigenvalue weighted by atomic mass is 10.1. The third-order valence-corrected chi connectivity index (χ3v) is 13.8. The van der Waals surface area contributed by atoms with Gasteiger partial charge in [0.25, 0.3) is 11.8 Å². The number of nitrogens with two attached hydrogens (primary N) is 3. The fourth-order valence-electron chi connectivity index (χ4n) is 9.73. The van der Waals surface area contributed by atoms with Crippen LogP contribution < -0.4 is 37.3 Å². The molecule has 1 fully saturated rings. The van der Waals surface area contributed by atoms with Crippen LogP contribution in [0.3, 0.4) is 0 Å². The minimum atomic E-state index is -0.806. The monoisotopic (exact) mass is 1130 g/mol. The number of aromatic nitrogens is 9. The first-order valence-corrected chi connectivity index (χ1v) is 28.2. The van der Waals surface area contributed by atoms with Crippen molar-refractivity contribution < 1.29 is 38.6 Å². The van der Waals surface area contributed by atoms with Crippen molar-refractivity contribution in [3.05, 3.63) is 106 Å². The van der Waals surface area contributed by atoms with E-state index in [4.69, 9.17) is 41.7 Å². The van der Waals surface area contributed by atoms with Crippen LogP contribution in [0.4, 0.5) is 11.9 Å². The topological polar surface area (TPSA) is 309 Å². The summed E-state index contributed by atoms with van der Waals surface area (Å²) in [6.07, 6.45) is 12.2. The van der Waals surface area contributed by atoms with Gasteiger partial charge in [0, 0.05) is 81.9 Å². The van der Waals surface area contributed by atoms with Gasteiger partial charge in [-0.2, -0.15) is 10.2 Å². The van der Waals surface area contributed by atoms with Crippen LogP contribution in [0.1, 0.15) is 125 Å². The fourth-order valence-corrected chi connectivity index (χ4v) is 9.73. The average Bonchev–Trinajstić information content (AvgIpc) is 4.50. The van der Waals surface area contributed by atoms with Crippen molar-refractivity contribution in [3.8, 4) is 11.5 Å². The van der Waals surface area contributed by atoms with Crippen molar-refractivity contribution in [2.75, 3.05) is 70.2 Å². The summed E-state index contributed by atoms with van der Waals surface area (Å²) < 4.78 is 20.7. The Kier molecular flexibility index (Phi) is 23.3. The number of piperazine rings is 1. The molecule has 7 aromatic rings. The molecule has 82 heavy (non-hydrogen) atoms. The van der Waals surface area contributed by atoms with E-state index in [0.29, 0.717) is 76.0 Å². The summed E-state index contributed by atoms with van der Waals surface area (Å²) in [5.41, 5.74) is 22.4. The molecule has 0 saturated carbocycles. The molecule has 24 heteroatoms. The summed E-state index contributed by atoms with van der Waals surface area (Å²) in [7, 11) is 1.47. The average molecular weight is 1130 g/mol. The number of methoxy groups -OCH3 is 1. The van der Waals surface area contributed by atoms with Crippen LogP contribution in [-0.4, -0.2) is 147 Å². The summed E-state index contributed by atoms with van der Waals surface area (Å²) in [4.78, 5) is 77.4. The van der Waals surface area contributed by atoms with Crippen molar-refractivity contribution in [3.63, 3.8) is 0 Å². The third-order valence-electron chi connectivity index (χ3n) is 13.8. The molecule has 0 spiro atoms. The first kappa shape index (κ1) is 62.8. The zero-order chi connectivity index (χ0) is 59.5. The van der Waals surface area contributed by atoms with Crippen molar-refractivity contribution in [2.45, 2.75) is 120 Å². The SMILES string of the molecule is CC.CCn1nc(C)cc1C(=O)Nc1nc2cc(C(N)=O)cc(OC)c2n1C/C=C/Cn1c(NC(=O)c2cc(C)nn2CC)nc2cc(C(N)=O)cc(OCCCN3CCN(CCCCCCCN)CC3)c21.Cc1cccn1CC(=O)O. The van der Waals surface area contributed by atoms with Crippen molar-refractivity contribution in [1.82, 2.24) is 53.0 Å². The molecule has 5 aromatic heterocycles. The molecule has 0 radical (unpaired) electrons. The maximum atomic E-state index is 13.9. The standard InChI is InChI=1S/C49H67N15O6.C7H9NO2.C2H6/c1-6-63-38(26-32(3)57-63)46(67)55-48-53-36-28-34(44(51)65)30-40(69-5)42(36)61(48)19-13-14-20-62-43-37(54-49(62)56-47(68)39-27-33(4)58-64(39)7-2)29-35(45(52)66)31-41(43)70-25-15-18-60-23-21-59(22-24-60)17-12-10-8-9-11-16-50;1-6-3-2-4-8(6)5-7(9)10;1-2/h13-14,26-31H,6-12,15-25,50H2,1-5H3,(H2,51,65)(H2,52,66)(H,53,55,67)(H,54,56,68);2-4H,5H2,1H3,(H,9,10);1-2H3/b14-13+;;. The van der Waals surface area contributed by atoms with Crippen LogP contribution in [0.5, 0.6) is 11.5 Å². The van der Waals surface area contributed by atoms with Gasteiger partial charge in [-0.3, -0.25) is 44.0 Å². The molecule has 1 saturated heterocycles. The number of benzene rings is 2. The molecule has 2 aromatic carbocycles. The van der Waals surface area contributed by atoms with Crippen molar-refractivity contribution in [1.29, 1.82) is 0 Å². The molecular weight excluding hydrogens is 1050 g/mol. The lowest BCUT2D eigenvalue weighted by Gasteiger charge is -2.34. The van der Waals surface area contributed by atoms with Gasteiger partial charge in [-0.15, -0.1) is 0 Å². The highest BCUT2D eigenvalue weighted by molar-refractivity contribution is 6.05. The van der Waals surface area contributed by atoms with Crippen LogP contribution in [0.15, 0.2) is 66.9 Å². The summed E-state index contributed by atoms with van der Waals surface area (Å²) in [5.74, 6) is -1.86. The third kappa shape index (κ3) is 16.4. The number of ether oxygens (including phenoxy) is 2. The lowest BCUT2D eigenvalue weighted by molar-refractivity contribution is -0.137. The molecule has 0 aliphatic carbocycles. The van der Waals surface area contributed by atoms with E-state index < -0.39 is 29.6 Å². The zero-order valence-electron chi connectivity index (χ0n) is 48.7. The van der Waals surface area contributed by atoms with Crippen molar-refractivity contribution in [2.24, 2.45) is 17.2 Å². The summed E-state index contributed by atoms with van der Waals surface area (Å²) in [6, 6.07) is 13.4. The van der Waals surface area contributed by atoms with Crippen LogP contribution in [-0.2, 0) is 37.5 Å². The number of carbonyl (C=O) groups is 5. The predicted molar refractivity (Wildman–Crippen MR) is 317 cm³/mol. The van der Waals surface area contributed by atoms with Gasteiger partial charge < -0.3 is 55.3 Å². The molecular formula is C58H82N16O8. The van der Waals surface area contributed by atoms with Gasteiger partial charge in [0.15, 0.2) is 0 Å². The van der Waals surface area contributed by atoms with Gasteiger partial charge in [-0.1, -0.05) is 45.3 Å². The number of hydrogen-bond donors (Lipinski definition) is 6. The molecule has 8 rings (SSSR count). The second kappa shape index (κ2) is 30.5. The molecule has 9 N–H and O–H groups in total. The molecule has 6 heterocycles. The Morgan fingerprint density at radius 3 is 1.60 bits per heavy atom. The van der Waals surface area contributed by atoms with Gasteiger partial charge in [0.2, 0.25) is 23.7 Å². The molecule has 0 atom stereocenters. The van der Waals surface area contributed by atoms with Crippen LogP contribution in [0.25, 0.3) is 22.1 Å². The Labute approximate surface area is 478 Å². The number of imidazole rings is 2. The Hall–Kier alpha value is -8.35. The van der Waals surface area contributed by atoms with Gasteiger partial charge in [0.1, 0.15) is 40.5 Å². The highest BCUT2D eigenvalue weighted by Gasteiger charge is 2.24. The Morgan fingerprint density at radius 2 is 1.15 bits per heavy atom. The van der Waals surface area contributed by atoms with Crippen LogP contribution >= 0.6 is 0 Å². The number of anilines is 2. The number of aliphatic carboxylic acids is 1. The van der Waals surface area contributed by atoms with Crippen LogP contribution in [0.2, 0.25) is 0 Å². The summed E-state index contributed by atoms with van der Waals surface area (Å²) in [5, 5.41) is 23.2. The number of carbonyl (C=O) groups excluding carboxylic acids is 4. The van der Waals surface area contributed by atoms with E-state index in [1.807, 2.05) is 77.3 Å². The highest BCUT2D eigenvalue weighted by atomic mass is 16.5. The number of nitrogens with one attached hydrogen (secondary N) is 2. The molecule has 442 valence electrons. The number of fused-ring (bicyclic) bond motifs is 2. The molecule has 24 nitrogen and oxygen atoms in total. The number of unbranched alkanes of at least 4 members (excludes halogenated alkanes) is 4. The number of primary amides is 2. The smallest absolute Gasteiger partial charge is 0.323 e. The Balaban J connectivity index is 0.000000806. The van der Waals surface area contributed by atoms with E-state index in [-0.39, 0.29) is 42.7 Å². The maximum absolute atomic E-state index is 13.9. The first-order chi connectivity index (χ1) is 39.5. The number of amides is 4.